The molecule has 0 aliphatic carbocycles. The molecule has 1 atom stereocenters. The molecule has 29 heavy (non-hydrogen) atoms. The van der Waals surface area contributed by atoms with Gasteiger partial charge in [-0.1, -0.05) is 0 Å². The lowest BCUT2D eigenvalue weighted by Gasteiger charge is -2.30. The van der Waals surface area contributed by atoms with Gasteiger partial charge in [-0.05, 0) is 13.1 Å². The molecule has 154 valence electrons. The van der Waals surface area contributed by atoms with Crippen LogP contribution in [-0.2, 0) is 14.3 Å². The van der Waals surface area contributed by atoms with E-state index in [4.69, 9.17) is 4.74 Å². The second-order valence-corrected chi connectivity index (χ2v) is 7.05. The lowest BCUT2D eigenvalue weighted by atomic mass is 9.92. The number of hydrogen-bond acceptors (Lipinski definition) is 9. The molecular formula is C17H18F2N6O3S. The predicted molar refractivity (Wildman–Crippen MR) is 102 cm³/mol. The lowest BCUT2D eigenvalue weighted by Crippen LogP contribution is -2.51. The van der Waals surface area contributed by atoms with E-state index in [1.54, 1.807) is 18.6 Å². The summed E-state index contributed by atoms with van der Waals surface area (Å²) in [6.45, 7) is -2.56. The molecule has 1 aliphatic rings. The van der Waals surface area contributed by atoms with E-state index in [2.05, 4.69) is 25.7 Å². The first-order valence-corrected chi connectivity index (χ1v) is 9.37. The topological polar surface area (TPSA) is 110 Å². The van der Waals surface area contributed by atoms with Crippen molar-refractivity contribution in [3.63, 3.8) is 0 Å². The maximum absolute atomic E-state index is 12.9. The molecule has 1 aliphatic heterocycles. The van der Waals surface area contributed by atoms with Gasteiger partial charge in [0.1, 0.15) is 18.4 Å². The Kier molecular flexibility index (Phi) is 6.44. The number of carbonyl (C=O) groups is 2. The number of amidine groups is 1. The number of rotatable bonds is 10. The summed E-state index contributed by atoms with van der Waals surface area (Å²) in [5.41, 5.74) is 0.186. The van der Waals surface area contributed by atoms with Gasteiger partial charge in [0.2, 0.25) is 0 Å². The van der Waals surface area contributed by atoms with E-state index in [0.717, 1.165) is 0 Å². The number of aromatic nitrogens is 3. The van der Waals surface area contributed by atoms with E-state index in [9.17, 15) is 18.4 Å². The van der Waals surface area contributed by atoms with Gasteiger partial charge >= 0.3 is 6.55 Å². The number of alkyl halides is 2. The Balaban J connectivity index is 1.98. The van der Waals surface area contributed by atoms with E-state index in [0.29, 0.717) is 38.8 Å². The Bertz CT molecular complexity index is 928. The number of thiazole rings is 1. The zero-order chi connectivity index (χ0) is 20.9. The van der Waals surface area contributed by atoms with Crippen molar-refractivity contribution in [2.24, 2.45) is 4.99 Å². The Morgan fingerprint density at radius 3 is 2.90 bits per heavy atom. The zero-order valence-corrected chi connectivity index (χ0v) is 16.2. The summed E-state index contributed by atoms with van der Waals surface area (Å²) in [4.78, 5) is 31.1. The van der Waals surface area contributed by atoms with Crippen molar-refractivity contribution < 1.29 is 23.1 Å². The van der Waals surface area contributed by atoms with Gasteiger partial charge in [-0.2, -0.15) is 13.9 Å². The number of aliphatic imine (C=N–C) groups is 1. The highest BCUT2D eigenvalue weighted by atomic mass is 32.1. The first-order chi connectivity index (χ1) is 14.0. The predicted octanol–water partition coefficient (Wildman–Crippen LogP) is 1.22. The van der Waals surface area contributed by atoms with Crippen LogP contribution in [0.2, 0.25) is 0 Å². The molecule has 0 unspecified atom stereocenters. The summed E-state index contributed by atoms with van der Waals surface area (Å²) in [6, 6.07) is 1.46. The van der Waals surface area contributed by atoms with Gasteiger partial charge in [0, 0.05) is 35.5 Å². The average Bonchev–Trinajstić information content (AvgIpc) is 3.43. The number of likely N-dealkylation sites (N-methyl/N-ethyl adjacent to an activating group) is 1. The molecular weight excluding hydrogens is 406 g/mol. The summed E-state index contributed by atoms with van der Waals surface area (Å²) < 4.78 is 31.2. The number of nitrogens with zero attached hydrogens (tertiary/aromatic N) is 4. The quantitative estimate of drug-likeness (QED) is 0.552. The zero-order valence-electron chi connectivity index (χ0n) is 15.3. The van der Waals surface area contributed by atoms with Crippen LogP contribution in [0.5, 0.6) is 0 Å². The molecule has 0 amide bonds. The number of ether oxygens (including phenoxy) is 1. The molecule has 0 aromatic carbocycles. The van der Waals surface area contributed by atoms with E-state index in [1.807, 2.05) is 0 Å². The number of aldehydes is 1. The monoisotopic (exact) mass is 424 g/mol. The van der Waals surface area contributed by atoms with Crippen molar-refractivity contribution in [1.82, 2.24) is 25.4 Å². The largest absolute Gasteiger partial charge is 0.465 e. The Labute approximate surface area is 168 Å². The molecule has 9 nitrogen and oxygen atoms in total. The second kappa shape index (κ2) is 9.01. The number of carbonyl (C=O) groups excluding carboxylic acids is 2. The fourth-order valence-corrected chi connectivity index (χ4v) is 3.41. The van der Waals surface area contributed by atoms with E-state index >= 15 is 0 Å². The Morgan fingerprint density at radius 1 is 1.48 bits per heavy atom. The minimum Gasteiger partial charge on any atom is -0.465 e. The maximum Gasteiger partial charge on any atom is 0.333 e. The Morgan fingerprint density at radius 2 is 2.31 bits per heavy atom. The highest BCUT2D eigenvalue weighted by Crippen LogP contribution is 2.27. The molecule has 3 rings (SSSR count). The summed E-state index contributed by atoms with van der Waals surface area (Å²) in [5.74, 6) is 0.499. The van der Waals surface area contributed by atoms with Gasteiger partial charge in [-0.3, -0.25) is 9.79 Å². The minimum atomic E-state index is -2.77. The van der Waals surface area contributed by atoms with Crippen LogP contribution in [-0.4, -0.2) is 59.1 Å². The molecule has 0 spiro atoms. The normalized spacial score (nSPS) is 16.2. The number of hydrogen-bond donors (Lipinski definition) is 2. The summed E-state index contributed by atoms with van der Waals surface area (Å²) >= 11 is 1.38. The first-order valence-electron chi connectivity index (χ1n) is 8.49. The molecule has 2 aromatic heterocycles. The molecule has 3 heterocycles. The smallest absolute Gasteiger partial charge is 0.333 e. The van der Waals surface area contributed by atoms with E-state index in [-0.39, 0.29) is 26.0 Å². The average molecular weight is 424 g/mol. The second-order valence-electron chi connectivity index (χ2n) is 6.15. The summed E-state index contributed by atoms with van der Waals surface area (Å²) in [7, 11) is 1.56. The van der Waals surface area contributed by atoms with Gasteiger partial charge in [0.05, 0.1) is 12.2 Å². The molecule has 2 N–H and O–H groups in total. The summed E-state index contributed by atoms with van der Waals surface area (Å²) in [6.07, 6.45) is 3.54. The van der Waals surface area contributed by atoms with Crippen molar-refractivity contribution >= 4 is 35.5 Å². The van der Waals surface area contributed by atoms with Crippen LogP contribution in [0, 0.1) is 0 Å². The molecule has 0 saturated carbocycles. The highest BCUT2D eigenvalue weighted by Gasteiger charge is 2.33. The van der Waals surface area contributed by atoms with Gasteiger partial charge < -0.3 is 20.2 Å². The van der Waals surface area contributed by atoms with Crippen molar-refractivity contribution in [3.05, 3.63) is 40.2 Å². The number of nitrogens with one attached hydrogen (secondary N) is 2. The molecule has 0 fully saturated rings. The van der Waals surface area contributed by atoms with Crippen molar-refractivity contribution in [2.45, 2.75) is 18.5 Å². The fourth-order valence-electron chi connectivity index (χ4n) is 2.81. The standard InChI is InChI=1S/C17H18F2N6O3S/c1-20-17(8-26,9-28-10-27)6-13-11(12-2-4-25(24-12)16(18)19)7-22-14(23-13)15-21-3-5-29-15/h2-5,8,10,16,20H,6-7,9H2,1H3,(H,22,23)/t17-/m1/s1. The third kappa shape index (κ3) is 4.54. The molecule has 12 heteroatoms. The van der Waals surface area contributed by atoms with Crippen molar-refractivity contribution in [2.75, 3.05) is 20.2 Å². The van der Waals surface area contributed by atoms with Gasteiger partial charge in [-0.25, -0.2) is 9.67 Å². The SMILES string of the molecule is CN[C@](C=O)(COC=O)CC1=C(c2ccn(C(F)F)n2)CN=C(c2nccs2)N1. The molecule has 2 aromatic rings. The van der Waals surface area contributed by atoms with Crippen LogP contribution in [0.25, 0.3) is 5.57 Å². The Hall–Kier alpha value is -2.99. The number of halogens is 2. The van der Waals surface area contributed by atoms with E-state index < -0.39 is 12.1 Å². The highest BCUT2D eigenvalue weighted by molar-refractivity contribution is 7.11. The third-order valence-electron chi connectivity index (χ3n) is 4.41. The van der Waals surface area contributed by atoms with Crippen molar-refractivity contribution in [3.8, 4) is 0 Å². The fraction of sp³-hybridized carbons (Fsp3) is 0.353. The first kappa shape index (κ1) is 20.7. The molecule has 0 radical (unpaired) electrons. The molecule has 0 bridgehead atoms. The minimum absolute atomic E-state index is 0.0854. The van der Waals surface area contributed by atoms with E-state index in [1.165, 1.54) is 23.6 Å². The summed E-state index contributed by atoms with van der Waals surface area (Å²) in [5, 5.41) is 12.4. The van der Waals surface area contributed by atoms with Crippen LogP contribution in [0.4, 0.5) is 8.78 Å². The van der Waals surface area contributed by atoms with Crippen LogP contribution in [0.15, 0.2) is 34.5 Å². The van der Waals surface area contributed by atoms with Gasteiger partial charge in [-0.15, -0.1) is 11.3 Å². The van der Waals surface area contributed by atoms with Crippen LogP contribution < -0.4 is 10.6 Å². The van der Waals surface area contributed by atoms with Crippen LogP contribution in [0.1, 0.15) is 23.7 Å². The van der Waals surface area contributed by atoms with Gasteiger partial charge in [0.15, 0.2) is 10.8 Å². The van der Waals surface area contributed by atoms with Crippen LogP contribution >= 0.6 is 11.3 Å². The van der Waals surface area contributed by atoms with Gasteiger partial charge in [0.25, 0.3) is 6.47 Å². The maximum atomic E-state index is 12.9. The van der Waals surface area contributed by atoms with Crippen LogP contribution in [0.3, 0.4) is 0 Å². The lowest BCUT2D eigenvalue weighted by molar-refractivity contribution is -0.132. The third-order valence-corrected chi connectivity index (χ3v) is 5.19. The molecule has 0 saturated heterocycles. The van der Waals surface area contributed by atoms with Crippen molar-refractivity contribution in [1.29, 1.82) is 0 Å².